The van der Waals surface area contributed by atoms with Crippen LogP contribution in [0.2, 0.25) is 0 Å². The molecule has 0 saturated heterocycles. The first-order chi connectivity index (χ1) is 9.60. The van der Waals surface area contributed by atoms with Gasteiger partial charge in [-0.15, -0.1) is 0 Å². The van der Waals surface area contributed by atoms with E-state index in [2.05, 4.69) is 24.6 Å². The Hall–Kier alpha value is -1.74. The second-order valence-electron chi connectivity index (χ2n) is 4.82. The summed E-state index contributed by atoms with van der Waals surface area (Å²) in [7, 11) is -3.65. The molecule has 9 heteroatoms. The standard InChI is InChI=1S/C11H15N5O3S/c1-2-10-11(14-19-13-10)20(17,18)15-8-5-9(6-8)16-4-3-12-7-16/h3-4,7-9,15H,2,5-6H2,1H3. The molecule has 0 amide bonds. The van der Waals surface area contributed by atoms with Crippen LogP contribution in [0.5, 0.6) is 0 Å². The van der Waals surface area contributed by atoms with E-state index >= 15 is 0 Å². The van der Waals surface area contributed by atoms with Crippen molar-refractivity contribution in [3.05, 3.63) is 24.4 Å². The molecule has 0 radical (unpaired) electrons. The van der Waals surface area contributed by atoms with Gasteiger partial charge in [-0.05, 0) is 24.4 Å². The lowest BCUT2D eigenvalue weighted by Gasteiger charge is -2.35. The van der Waals surface area contributed by atoms with Crippen molar-refractivity contribution < 1.29 is 13.0 Å². The van der Waals surface area contributed by atoms with Crippen molar-refractivity contribution in [2.45, 2.75) is 43.3 Å². The molecule has 8 nitrogen and oxygen atoms in total. The van der Waals surface area contributed by atoms with Crippen LogP contribution in [-0.4, -0.2) is 34.3 Å². The molecule has 108 valence electrons. The molecule has 2 heterocycles. The molecule has 1 N–H and O–H groups in total. The van der Waals surface area contributed by atoms with E-state index in [1.165, 1.54) is 0 Å². The summed E-state index contributed by atoms with van der Waals surface area (Å²) in [6.07, 6.45) is 7.27. The van der Waals surface area contributed by atoms with Crippen LogP contribution >= 0.6 is 0 Å². The average Bonchev–Trinajstić information content (AvgIpc) is 3.03. The quantitative estimate of drug-likeness (QED) is 0.862. The van der Waals surface area contributed by atoms with E-state index < -0.39 is 10.0 Å². The van der Waals surface area contributed by atoms with Gasteiger partial charge in [-0.1, -0.05) is 12.1 Å². The molecule has 0 aromatic carbocycles. The molecule has 0 aliphatic heterocycles. The number of sulfonamides is 1. The van der Waals surface area contributed by atoms with Gasteiger partial charge in [0.15, 0.2) is 0 Å². The maximum absolute atomic E-state index is 12.2. The molecular formula is C11H15N5O3S. The fourth-order valence-corrected chi connectivity index (χ4v) is 3.67. The van der Waals surface area contributed by atoms with Crippen molar-refractivity contribution in [3.8, 4) is 0 Å². The monoisotopic (exact) mass is 297 g/mol. The molecule has 1 aliphatic carbocycles. The maximum Gasteiger partial charge on any atom is 0.263 e. The second-order valence-corrected chi connectivity index (χ2v) is 6.45. The Kier molecular flexibility index (Phi) is 3.30. The summed E-state index contributed by atoms with van der Waals surface area (Å²) in [5.74, 6) is 0. The number of rotatable bonds is 5. The highest BCUT2D eigenvalue weighted by molar-refractivity contribution is 7.89. The van der Waals surface area contributed by atoms with Crippen LogP contribution in [0.1, 0.15) is 31.5 Å². The van der Waals surface area contributed by atoms with E-state index in [1.807, 2.05) is 10.8 Å². The number of nitrogens with zero attached hydrogens (tertiary/aromatic N) is 4. The zero-order chi connectivity index (χ0) is 14.2. The Bertz CT molecular complexity index is 673. The summed E-state index contributed by atoms with van der Waals surface area (Å²) in [5.41, 5.74) is 0.350. The van der Waals surface area contributed by atoms with E-state index in [0.717, 1.165) is 12.8 Å². The molecule has 0 unspecified atom stereocenters. The van der Waals surface area contributed by atoms with Crippen LogP contribution in [0.25, 0.3) is 0 Å². The van der Waals surface area contributed by atoms with E-state index in [0.29, 0.717) is 18.2 Å². The van der Waals surface area contributed by atoms with E-state index in [1.54, 1.807) is 19.4 Å². The van der Waals surface area contributed by atoms with Gasteiger partial charge in [0, 0.05) is 24.5 Å². The highest BCUT2D eigenvalue weighted by Gasteiger charge is 2.35. The van der Waals surface area contributed by atoms with Crippen molar-refractivity contribution >= 4 is 10.0 Å². The van der Waals surface area contributed by atoms with Crippen LogP contribution in [0.15, 0.2) is 28.4 Å². The van der Waals surface area contributed by atoms with Crippen molar-refractivity contribution in [3.63, 3.8) is 0 Å². The summed E-state index contributed by atoms with van der Waals surface area (Å²) in [6.45, 7) is 1.80. The summed E-state index contributed by atoms with van der Waals surface area (Å²) < 4.78 is 33.5. The molecule has 0 atom stereocenters. The van der Waals surface area contributed by atoms with Crippen molar-refractivity contribution in [1.82, 2.24) is 24.6 Å². The first-order valence-electron chi connectivity index (χ1n) is 6.41. The zero-order valence-corrected chi connectivity index (χ0v) is 11.7. The van der Waals surface area contributed by atoms with E-state index in [9.17, 15) is 8.42 Å². The van der Waals surface area contributed by atoms with Gasteiger partial charge in [-0.2, -0.15) is 0 Å². The normalized spacial score (nSPS) is 22.6. The van der Waals surface area contributed by atoms with Gasteiger partial charge in [0.2, 0.25) is 5.03 Å². The van der Waals surface area contributed by atoms with Crippen LogP contribution in [0.4, 0.5) is 0 Å². The molecule has 3 rings (SSSR count). The second kappa shape index (κ2) is 4.98. The fourth-order valence-electron chi connectivity index (χ4n) is 2.31. The average molecular weight is 297 g/mol. The van der Waals surface area contributed by atoms with Crippen molar-refractivity contribution in [2.24, 2.45) is 0 Å². The minimum absolute atomic E-state index is 0.0891. The molecule has 2 aromatic heterocycles. The highest BCUT2D eigenvalue weighted by atomic mass is 32.2. The Balaban J connectivity index is 1.65. The first kappa shape index (κ1) is 13.3. The lowest BCUT2D eigenvalue weighted by atomic mass is 9.87. The maximum atomic E-state index is 12.2. The van der Waals surface area contributed by atoms with Gasteiger partial charge in [0.05, 0.1) is 6.33 Å². The number of hydrogen-bond donors (Lipinski definition) is 1. The predicted molar refractivity (Wildman–Crippen MR) is 68.3 cm³/mol. The smallest absolute Gasteiger partial charge is 0.263 e. The number of nitrogens with one attached hydrogen (secondary N) is 1. The third-order valence-corrected chi connectivity index (χ3v) is 4.96. The van der Waals surface area contributed by atoms with Gasteiger partial charge >= 0.3 is 0 Å². The molecule has 2 aromatic rings. The van der Waals surface area contributed by atoms with E-state index in [-0.39, 0.29) is 11.1 Å². The van der Waals surface area contributed by atoms with Gasteiger partial charge < -0.3 is 4.57 Å². The van der Waals surface area contributed by atoms with Crippen LogP contribution in [0.3, 0.4) is 0 Å². The Labute approximate surface area is 116 Å². The third kappa shape index (κ3) is 2.34. The van der Waals surface area contributed by atoms with Crippen molar-refractivity contribution in [2.75, 3.05) is 0 Å². The topological polar surface area (TPSA) is 103 Å². The molecular weight excluding hydrogens is 282 g/mol. The predicted octanol–water partition coefficient (Wildman–Crippen LogP) is 0.510. The molecule has 1 aliphatic rings. The van der Waals surface area contributed by atoms with Gasteiger partial charge in [0.1, 0.15) is 5.69 Å². The molecule has 20 heavy (non-hydrogen) atoms. The van der Waals surface area contributed by atoms with E-state index in [4.69, 9.17) is 0 Å². The number of imidazole rings is 1. The Morgan fingerprint density at radius 1 is 1.45 bits per heavy atom. The summed E-state index contributed by atoms with van der Waals surface area (Å²) >= 11 is 0. The lowest BCUT2D eigenvalue weighted by molar-refractivity contribution is 0.249. The van der Waals surface area contributed by atoms with Gasteiger partial charge in [0.25, 0.3) is 10.0 Å². The fraction of sp³-hybridized carbons (Fsp3) is 0.545. The molecule has 0 spiro atoms. The van der Waals surface area contributed by atoms with Crippen molar-refractivity contribution in [1.29, 1.82) is 0 Å². The third-order valence-electron chi connectivity index (χ3n) is 3.49. The number of aryl methyl sites for hydroxylation is 1. The molecule has 1 fully saturated rings. The molecule has 0 bridgehead atoms. The molecule has 1 saturated carbocycles. The lowest BCUT2D eigenvalue weighted by Crippen LogP contribution is -2.45. The summed E-state index contributed by atoms with van der Waals surface area (Å²) in [6, 6.07) is 0.208. The largest absolute Gasteiger partial charge is 0.334 e. The Morgan fingerprint density at radius 2 is 2.25 bits per heavy atom. The van der Waals surface area contributed by atoms with Crippen LogP contribution in [-0.2, 0) is 16.4 Å². The summed E-state index contributed by atoms with van der Waals surface area (Å²) in [5, 5.41) is 6.97. The number of hydrogen-bond acceptors (Lipinski definition) is 6. The highest BCUT2D eigenvalue weighted by Crippen LogP contribution is 2.32. The SMILES string of the molecule is CCc1nonc1S(=O)(=O)NC1CC(n2ccnc2)C1. The zero-order valence-electron chi connectivity index (χ0n) is 10.9. The first-order valence-corrected chi connectivity index (χ1v) is 7.89. The van der Waals surface area contributed by atoms with Gasteiger partial charge in [-0.25, -0.2) is 22.8 Å². The summed E-state index contributed by atoms with van der Waals surface area (Å²) in [4.78, 5) is 3.98. The van der Waals surface area contributed by atoms with Gasteiger partial charge in [-0.3, -0.25) is 0 Å². The van der Waals surface area contributed by atoms with Crippen LogP contribution < -0.4 is 4.72 Å². The Morgan fingerprint density at radius 3 is 2.90 bits per heavy atom. The van der Waals surface area contributed by atoms with Crippen LogP contribution in [0, 0.1) is 0 Å². The number of aromatic nitrogens is 4. The minimum Gasteiger partial charge on any atom is -0.334 e. The minimum atomic E-state index is -3.65.